The predicted octanol–water partition coefficient (Wildman–Crippen LogP) is 3.71. The van der Waals surface area contributed by atoms with Crippen molar-refractivity contribution in [1.82, 2.24) is 19.8 Å². The van der Waals surface area contributed by atoms with Gasteiger partial charge in [-0.25, -0.2) is 9.97 Å². The quantitative estimate of drug-likeness (QED) is 0.198. The molecular formula is C40H64Cl4N6O7. The lowest BCUT2D eigenvalue weighted by molar-refractivity contribution is 0.416. The fourth-order valence-electron chi connectivity index (χ4n) is 5.36. The van der Waals surface area contributed by atoms with E-state index in [1.165, 1.54) is 33.0 Å². The number of para-hydroxylation sites is 2. The Kier molecular flexibility index (Phi) is 39.4. The Morgan fingerprint density at radius 3 is 0.947 bits per heavy atom. The van der Waals surface area contributed by atoms with Gasteiger partial charge in [-0.1, -0.05) is 97.1 Å². The van der Waals surface area contributed by atoms with Crippen LogP contribution in [0, 0.1) is 0 Å². The third-order valence-electron chi connectivity index (χ3n) is 8.12. The summed E-state index contributed by atoms with van der Waals surface area (Å²) in [4.78, 5) is 18.5. The van der Waals surface area contributed by atoms with Crippen molar-refractivity contribution in [2.75, 3.05) is 78.3 Å². The van der Waals surface area contributed by atoms with E-state index in [1.807, 2.05) is 12.1 Å². The zero-order valence-corrected chi connectivity index (χ0v) is 36.5. The van der Waals surface area contributed by atoms with Gasteiger partial charge in [0.15, 0.2) is 0 Å². The highest BCUT2D eigenvalue weighted by Crippen LogP contribution is 2.32. The van der Waals surface area contributed by atoms with Crippen LogP contribution in [0.3, 0.4) is 0 Å². The van der Waals surface area contributed by atoms with Gasteiger partial charge in [0.2, 0.25) is 0 Å². The molecule has 324 valence electrons. The fraction of sp³-hybridized carbons (Fsp3) is 0.250. The lowest BCUT2D eigenvalue weighted by Crippen LogP contribution is -2.29. The topological polar surface area (TPSA) is 259 Å². The van der Waals surface area contributed by atoms with Crippen LogP contribution in [0.4, 0.5) is 11.6 Å². The molecule has 57 heavy (non-hydrogen) atoms. The third-order valence-corrected chi connectivity index (χ3v) is 8.12. The SMILES string of the molecule is CN(C)CCN(C)c1cc(-c2ccccc2)c2ccccc2n1.CN(C)CCN(C)c1cc(-c2ccccc2)c2ccccc2n1.Cl.Cl.Cl.Cl.O.O.O.O.O.O.O. The third kappa shape index (κ3) is 18.5. The summed E-state index contributed by atoms with van der Waals surface area (Å²) in [6.45, 7) is 3.91. The van der Waals surface area contributed by atoms with Gasteiger partial charge in [-0.05, 0) is 74.7 Å². The molecule has 0 amide bonds. The smallest absolute Gasteiger partial charge is 0.129 e. The second kappa shape index (κ2) is 33.1. The van der Waals surface area contributed by atoms with E-state index in [9.17, 15) is 0 Å². The lowest BCUT2D eigenvalue weighted by atomic mass is 10.0. The fourth-order valence-corrected chi connectivity index (χ4v) is 5.36. The number of hydrogen-bond acceptors (Lipinski definition) is 6. The Morgan fingerprint density at radius 2 is 0.649 bits per heavy atom. The molecule has 6 aromatic rings. The highest BCUT2D eigenvalue weighted by molar-refractivity contribution is 5.97. The van der Waals surface area contributed by atoms with Gasteiger partial charge in [0.1, 0.15) is 11.6 Å². The molecule has 0 radical (unpaired) electrons. The van der Waals surface area contributed by atoms with Crippen molar-refractivity contribution in [3.63, 3.8) is 0 Å². The molecule has 0 fully saturated rings. The number of anilines is 2. The summed E-state index contributed by atoms with van der Waals surface area (Å²) in [5, 5.41) is 2.40. The Labute approximate surface area is 361 Å². The molecule has 0 saturated heterocycles. The molecule has 4 aromatic carbocycles. The van der Waals surface area contributed by atoms with Gasteiger partial charge in [0.05, 0.1) is 11.0 Å². The lowest BCUT2D eigenvalue weighted by Gasteiger charge is -2.22. The monoisotopic (exact) mass is 880 g/mol. The van der Waals surface area contributed by atoms with Crippen molar-refractivity contribution in [2.24, 2.45) is 0 Å². The summed E-state index contributed by atoms with van der Waals surface area (Å²) in [6, 6.07) is 42.2. The molecule has 2 heterocycles. The molecule has 17 heteroatoms. The van der Waals surface area contributed by atoms with Crippen LogP contribution in [0.5, 0.6) is 0 Å². The van der Waals surface area contributed by atoms with Gasteiger partial charge in [-0.15, -0.1) is 49.6 Å². The van der Waals surface area contributed by atoms with Crippen LogP contribution in [-0.2, 0) is 0 Å². The zero-order chi connectivity index (χ0) is 32.5. The van der Waals surface area contributed by atoms with Gasteiger partial charge in [-0.3, -0.25) is 0 Å². The summed E-state index contributed by atoms with van der Waals surface area (Å²) in [5.74, 6) is 2.04. The summed E-state index contributed by atoms with van der Waals surface area (Å²) < 4.78 is 0. The number of aromatic nitrogens is 2. The average Bonchev–Trinajstić information content (AvgIpc) is 3.09. The molecular weight excluding hydrogens is 818 g/mol. The van der Waals surface area contributed by atoms with E-state index >= 15 is 0 Å². The van der Waals surface area contributed by atoms with Crippen molar-refractivity contribution in [2.45, 2.75) is 0 Å². The average molecular weight is 883 g/mol. The molecule has 2 aromatic heterocycles. The minimum Gasteiger partial charge on any atom is -0.412 e. The van der Waals surface area contributed by atoms with Gasteiger partial charge in [-0.2, -0.15) is 0 Å². The van der Waals surface area contributed by atoms with Crippen LogP contribution in [0.15, 0.2) is 121 Å². The van der Waals surface area contributed by atoms with Gasteiger partial charge in [0, 0.05) is 51.0 Å². The van der Waals surface area contributed by atoms with Crippen molar-refractivity contribution in [3.05, 3.63) is 121 Å². The largest absolute Gasteiger partial charge is 0.412 e. The maximum Gasteiger partial charge on any atom is 0.129 e. The number of pyridine rings is 2. The minimum absolute atomic E-state index is 0. The van der Waals surface area contributed by atoms with Crippen LogP contribution < -0.4 is 9.80 Å². The molecule has 0 unspecified atom stereocenters. The first-order valence-electron chi connectivity index (χ1n) is 15.9. The van der Waals surface area contributed by atoms with E-state index in [2.05, 4.69) is 171 Å². The molecule has 13 nitrogen and oxygen atoms in total. The predicted molar refractivity (Wildman–Crippen MR) is 252 cm³/mol. The van der Waals surface area contributed by atoms with Gasteiger partial charge in [0.25, 0.3) is 0 Å². The second-order valence-electron chi connectivity index (χ2n) is 12.3. The molecule has 0 aliphatic rings. The van der Waals surface area contributed by atoms with E-state index in [0.717, 1.165) is 48.8 Å². The standard InChI is InChI=1S/2C20H23N3.4ClH.7H2O/c2*1-22(2)13-14-23(3)20-15-18(16-9-5-4-6-10-16)17-11-7-8-12-19(17)21-20;;;;;;;;;;;/h2*4-12,15H,13-14H2,1-3H3;4*1H;7*1H2. The first-order valence-corrected chi connectivity index (χ1v) is 15.9. The highest BCUT2D eigenvalue weighted by atomic mass is 35.5. The molecule has 0 saturated carbocycles. The molecule has 14 N–H and O–H groups in total. The van der Waals surface area contributed by atoms with Crippen molar-refractivity contribution >= 4 is 83.1 Å². The minimum atomic E-state index is 0. The van der Waals surface area contributed by atoms with E-state index in [4.69, 9.17) is 9.97 Å². The first kappa shape index (κ1) is 67.8. The number of fused-ring (bicyclic) bond motifs is 2. The molecule has 0 atom stereocenters. The first-order chi connectivity index (χ1) is 22.3. The molecule has 0 bridgehead atoms. The van der Waals surface area contributed by atoms with Crippen molar-refractivity contribution < 1.29 is 38.3 Å². The van der Waals surface area contributed by atoms with Gasteiger partial charge >= 0.3 is 0 Å². The number of nitrogens with zero attached hydrogens (tertiary/aromatic N) is 6. The maximum absolute atomic E-state index is 4.85. The molecule has 0 aliphatic heterocycles. The van der Waals surface area contributed by atoms with Crippen molar-refractivity contribution in [1.29, 1.82) is 0 Å². The van der Waals surface area contributed by atoms with Crippen LogP contribution in [0.25, 0.3) is 44.1 Å². The molecule has 0 spiro atoms. The van der Waals surface area contributed by atoms with Crippen LogP contribution in [0.2, 0.25) is 0 Å². The highest BCUT2D eigenvalue weighted by Gasteiger charge is 2.12. The van der Waals surface area contributed by atoms with Crippen LogP contribution in [0.1, 0.15) is 0 Å². The summed E-state index contributed by atoms with van der Waals surface area (Å²) in [6.07, 6.45) is 0. The Balaban J connectivity index is -0.000000147. The van der Waals surface area contributed by atoms with Crippen LogP contribution in [-0.4, -0.2) is 127 Å². The van der Waals surface area contributed by atoms with E-state index < -0.39 is 0 Å². The number of likely N-dealkylation sites (N-methyl/N-ethyl adjacent to an activating group) is 4. The Morgan fingerprint density at radius 1 is 0.368 bits per heavy atom. The molecule has 0 aliphatic carbocycles. The Bertz CT molecular complexity index is 1750. The summed E-state index contributed by atoms with van der Waals surface area (Å²) in [5.41, 5.74) is 7.02. The number of rotatable bonds is 10. The number of halogens is 4. The van der Waals surface area contributed by atoms with Crippen LogP contribution >= 0.6 is 49.6 Å². The zero-order valence-electron chi connectivity index (χ0n) is 33.2. The summed E-state index contributed by atoms with van der Waals surface area (Å²) in [7, 11) is 12.6. The second-order valence-corrected chi connectivity index (χ2v) is 12.3. The number of hydrogen-bond donors (Lipinski definition) is 0. The van der Waals surface area contributed by atoms with E-state index in [-0.39, 0.29) is 88.0 Å². The molecule has 6 rings (SSSR count). The van der Waals surface area contributed by atoms with E-state index in [1.54, 1.807) is 0 Å². The number of benzene rings is 4. The Hall–Kier alpha value is -3.90. The maximum atomic E-state index is 4.85. The normalized spacial score (nSPS) is 8.98. The van der Waals surface area contributed by atoms with Gasteiger partial charge < -0.3 is 57.9 Å². The van der Waals surface area contributed by atoms with E-state index in [0.29, 0.717) is 0 Å². The summed E-state index contributed by atoms with van der Waals surface area (Å²) >= 11 is 0. The van der Waals surface area contributed by atoms with Crippen molar-refractivity contribution in [3.8, 4) is 22.3 Å².